The summed E-state index contributed by atoms with van der Waals surface area (Å²) in [6.07, 6.45) is 2.30. The topological polar surface area (TPSA) is 62.3 Å². The van der Waals surface area contributed by atoms with Gasteiger partial charge in [0, 0.05) is 25.9 Å². The zero-order valence-electron chi connectivity index (χ0n) is 11.2. The number of hydrogen-bond acceptors (Lipinski definition) is 3. The van der Waals surface area contributed by atoms with Gasteiger partial charge in [0.15, 0.2) is 0 Å². The molecule has 0 radical (unpaired) electrons. The summed E-state index contributed by atoms with van der Waals surface area (Å²) in [4.78, 5) is 2.11. The largest absolute Gasteiger partial charge is 0.384 e. The number of rotatable bonds is 4. The minimum absolute atomic E-state index is 0.00680. The fourth-order valence-electron chi connectivity index (χ4n) is 2.53. The monoisotopic (exact) mass is 281 g/mol. The van der Waals surface area contributed by atoms with E-state index in [1.807, 2.05) is 19.2 Å². The molecule has 19 heavy (non-hydrogen) atoms. The molecule has 2 rings (SSSR count). The summed E-state index contributed by atoms with van der Waals surface area (Å²) in [5.74, 6) is 0.532. The first-order valence-corrected chi connectivity index (χ1v) is 6.89. The van der Waals surface area contributed by atoms with Crippen molar-refractivity contribution in [1.82, 2.24) is 0 Å². The van der Waals surface area contributed by atoms with Crippen LogP contribution in [0.2, 0.25) is 5.02 Å². The molecule has 104 valence electrons. The van der Waals surface area contributed by atoms with Crippen LogP contribution in [0.15, 0.2) is 18.2 Å². The lowest BCUT2D eigenvalue weighted by atomic mass is 10.0. The van der Waals surface area contributed by atoms with Gasteiger partial charge < -0.3 is 15.4 Å². The van der Waals surface area contributed by atoms with Gasteiger partial charge in [0.25, 0.3) is 0 Å². The summed E-state index contributed by atoms with van der Waals surface area (Å²) >= 11 is 6.14. The van der Waals surface area contributed by atoms with Crippen LogP contribution < -0.4 is 10.6 Å². The lowest BCUT2D eigenvalue weighted by Gasteiger charge is -2.29. The Bertz CT molecular complexity index is 458. The van der Waals surface area contributed by atoms with Crippen LogP contribution >= 0.6 is 11.6 Å². The van der Waals surface area contributed by atoms with Crippen LogP contribution in [0.4, 0.5) is 5.69 Å². The van der Waals surface area contributed by atoms with Gasteiger partial charge in [-0.3, -0.25) is 5.41 Å². The molecule has 0 bridgehead atoms. The zero-order chi connectivity index (χ0) is 13.8. The van der Waals surface area contributed by atoms with Crippen molar-refractivity contribution in [1.29, 1.82) is 5.41 Å². The molecule has 0 spiro atoms. The second-order valence-corrected chi connectivity index (χ2v) is 5.42. The van der Waals surface area contributed by atoms with Crippen LogP contribution in [-0.2, 0) is 4.74 Å². The lowest BCUT2D eigenvalue weighted by molar-refractivity contribution is 0.0576. The van der Waals surface area contributed by atoms with Gasteiger partial charge in [-0.15, -0.1) is 0 Å². The van der Waals surface area contributed by atoms with Gasteiger partial charge in [0.05, 0.1) is 17.2 Å². The Morgan fingerprint density at radius 3 is 3.00 bits per heavy atom. The number of nitrogen functional groups attached to an aromatic ring is 1. The van der Waals surface area contributed by atoms with Crippen molar-refractivity contribution in [2.45, 2.75) is 12.8 Å². The summed E-state index contributed by atoms with van der Waals surface area (Å²) in [7, 11) is 2.01. The highest BCUT2D eigenvalue weighted by atomic mass is 35.5. The van der Waals surface area contributed by atoms with Crippen molar-refractivity contribution < 1.29 is 4.74 Å². The number of nitrogens with two attached hydrogens (primary N) is 1. The van der Waals surface area contributed by atoms with Crippen LogP contribution in [-0.4, -0.2) is 32.6 Å². The Morgan fingerprint density at radius 2 is 2.37 bits per heavy atom. The Hall–Kier alpha value is -1.26. The van der Waals surface area contributed by atoms with Crippen molar-refractivity contribution in [2.75, 3.05) is 31.7 Å². The molecule has 4 nitrogen and oxygen atoms in total. The summed E-state index contributed by atoms with van der Waals surface area (Å²) < 4.78 is 5.50. The predicted octanol–water partition coefficient (Wildman–Crippen LogP) is 2.49. The molecule has 1 aromatic rings. The van der Waals surface area contributed by atoms with Gasteiger partial charge in [0.1, 0.15) is 5.84 Å². The van der Waals surface area contributed by atoms with E-state index in [1.165, 1.54) is 6.42 Å². The van der Waals surface area contributed by atoms with Crippen LogP contribution in [0.5, 0.6) is 0 Å². The third-order valence-corrected chi connectivity index (χ3v) is 3.77. The van der Waals surface area contributed by atoms with Gasteiger partial charge in [-0.05, 0) is 30.9 Å². The predicted molar refractivity (Wildman–Crippen MR) is 79.3 cm³/mol. The molecule has 1 aliphatic heterocycles. The van der Waals surface area contributed by atoms with Crippen LogP contribution in [0.3, 0.4) is 0 Å². The first kappa shape index (κ1) is 14.2. The molecule has 1 heterocycles. The van der Waals surface area contributed by atoms with Crippen molar-refractivity contribution >= 4 is 23.1 Å². The molecule has 0 aromatic heterocycles. The lowest BCUT2D eigenvalue weighted by Crippen LogP contribution is -2.32. The molecule has 0 aliphatic carbocycles. The summed E-state index contributed by atoms with van der Waals surface area (Å²) in [6.45, 7) is 2.57. The number of amidine groups is 1. The molecular weight excluding hydrogens is 262 g/mol. The fourth-order valence-corrected chi connectivity index (χ4v) is 2.81. The minimum atomic E-state index is 0.00680. The summed E-state index contributed by atoms with van der Waals surface area (Å²) in [5, 5.41) is 8.20. The molecule has 1 saturated heterocycles. The standard InChI is InChI=1S/C14H20ClN3O/c1-18(8-10-4-3-7-19-9-10)12-6-2-5-11(15)13(12)14(16)17/h2,5-6,10H,3-4,7-9H2,1H3,(H3,16,17). The third-order valence-electron chi connectivity index (χ3n) is 3.46. The molecule has 0 saturated carbocycles. The van der Waals surface area contributed by atoms with E-state index >= 15 is 0 Å². The highest BCUT2D eigenvalue weighted by Crippen LogP contribution is 2.27. The van der Waals surface area contributed by atoms with Gasteiger partial charge in [-0.2, -0.15) is 0 Å². The molecule has 3 N–H and O–H groups in total. The number of benzene rings is 1. The average molecular weight is 282 g/mol. The Labute approximate surface area is 119 Å². The smallest absolute Gasteiger partial charge is 0.126 e. The zero-order valence-corrected chi connectivity index (χ0v) is 11.9. The molecule has 1 aliphatic rings. The maximum Gasteiger partial charge on any atom is 0.126 e. The molecule has 1 aromatic carbocycles. The second kappa shape index (κ2) is 6.26. The molecule has 1 unspecified atom stereocenters. The Morgan fingerprint density at radius 1 is 1.58 bits per heavy atom. The SMILES string of the molecule is CN(CC1CCCOC1)c1cccc(Cl)c1C(=N)N. The first-order chi connectivity index (χ1) is 9.09. The van der Waals surface area contributed by atoms with E-state index < -0.39 is 0 Å². The van der Waals surface area contributed by atoms with E-state index in [2.05, 4.69) is 4.90 Å². The number of ether oxygens (including phenoxy) is 1. The molecular formula is C14H20ClN3O. The van der Waals surface area contributed by atoms with Crippen molar-refractivity contribution in [3.63, 3.8) is 0 Å². The molecule has 0 amide bonds. The van der Waals surface area contributed by atoms with Crippen LogP contribution in [0.25, 0.3) is 0 Å². The number of halogens is 1. The average Bonchev–Trinajstić information content (AvgIpc) is 2.39. The van der Waals surface area contributed by atoms with E-state index in [4.69, 9.17) is 27.5 Å². The highest BCUT2D eigenvalue weighted by Gasteiger charge is 2.19. The van der Waals surface area contributed by atoms with Crippen molar-refractivity contribution in [3.05, 3.63) is 28.8 Å². The van der Waals surface area contributed by atoms with E-state index in [-0.39, 0.29) is 5.84 Å². The van der Waals surface area contributed by atoms with E-state index in [1.54, 1.807) is 6.07 Å². The van der Waals surface area contributed by atoms with Gasteiger partial charge in [-0.25, -0.2) is 0 Å². The molecule has 5 heteroatoms. The Balaban J connectivity index is 2.16. The maximum atomic E-state index is 7.67. The normalized spacial score (nSPS) is 19.2. The summed E-state index contributed by atoms with van der Waals surface area (Å²) in [6, 6.07) is 5.60. The number of nitrogens with zero attached hydrogens (tertiary/aromatic N) is 1. The maximum absolute atomic E-state index is 7.67. The minimum Gasteiger partial charge on any atom is -0.384 e. The van der Waals surface area contributed by atoms with Gasteiger partial charge in [0.2, 0.25) is 0 Å². The van der Waals surface area contributed by atoms with Gasteiger partial charge in [-0.1, -0.05) is 17.7 Å². The van der Waals surface area contributed by atoms with E-state index in [0.29, 0.717) is 16.5 Å². The third kappa shape index (κ3) is 3.39. The highest BCUT2D eigenvalue weighted by molar-refractivity contribution is 6.34. The van der Waals surface area contributed by atoms with E-state index in [9.17, 15) is 0 Å². The fraction of sp³-hybridized carbons (Fsp3) is 0.500. The number of nitrogens with one attached hydrogen (secondary N) is 1. The Kier molecular flexibility index (Phi) is 4.66. The number of hydrogen-bond donors (Lipinski definition) is 2. The molecule has 1 fully saturated rings. The summed E-state index contributed by atoms with van der Waals surface area (Å²) in [5.41, 5.74) is 7.16. The first-order valence-electron chi connectivity index (χ1n) is 6.51. The van der Waals surface area contributed by atoms with Crippen molar-refractivity contribution in [3.8, 4) is 0 Å². The van der Waals surface area contributed by atoms with Gasteiger partial charge >= 0.3 is 0 Å². The second-order valence-electron chi connectivity index (χ2n) is 5.01. The quantitative estimate of drug-likeness (QED) is 0.658. The van der Waals surface area contributed by atoms with Crippen LogP contribution in [0.1, 0.15) is 18.4 Å². The van der Waals surface area contributed by atoms with E-state index in [0.717, 1.165) is 31.9 Å². The van der Waals surface area contributed by atoms with Crippen LogP contribution in [0, 0.1) is 11.3 Å². The molecule has 1 atom stereocenters. The van der Waals surface area contributed by atoms with Crippen molar-refractivity contribution in [2.24, 2.45) is 11.7 Å². The number of anilines is 1.